The van der Waals surface area contributed by atoms with Crippen LogP contribution < -0.4 is 5.73 Å². The Balaban J connectivity index is 2.01. The number of aromatic nitrogens is 3. The van der Waals surface area contributed by atoms with Crippen LogP contribution in [0.2, 0.25) is 0 Å². The van der Waals surface area contributed by atoms with Gasteiger partial charge in [0.15, 0.2) is 4.34 Å². The number of pyridine rings is 1. The molecule has 0 aliphatic rings. The molecule has 4 nitrogen and oxygen atoms in total. The summed E-state index contributed by atoms with van der Waals surface area (Å²) in [6.07, 6.45) is 3.61. The van der Waals surface area contributed by atoms with Crippen LogP contribution in [0.15, 0.2) is 27.7 Å². The highest BCUT2D eigenvalue weighted by Crippen LogP contribution is 2.27. The summed E-state index contributed by atoms with van der Waals surface area (Å²) in [5, 5.41) is 0.947. The number of nitrogens with two attached hydrogens (primary N) is 1. The van der Waals surface area contributed by atoms with Gasteiger partial charge in [-0.3, -0.25) is 0 Å². The highest BCUT2D eigenvalue weighted by Gasteiger charge is 2.06. The Morgan fingerprint density at radius 2 is 2.28 bits per heavy atom. The standard InChI is InChI=1S/C12H16N4S2/c1-3-10-15-12(18-16-10)17-11-5-4-9(7-14-11)6-8(2)13/h4-5,7-8H,3,6,13H2,1-2H3. The minimum Gasteiger partial charge on any atom is -0.328 e. The second kappa shape index (κ2) is 6.26. The van der Waals surface area contributed by atoms with Crippen LogP contribution in [0.25, 0.3) is 0 Å². The Kier molecular flexibility index (Phi) is 4.68. The average Bonchev–Trinajstić information content (AvgIpc) is 2.79. The van der Waals surface area contributed by atoms with Crippen molar-refractivity contribution in [2.75, 3.05) is 0 Å². The first-order valence-electron chi connectivity index (χ1n) is 5.88. The molecule has 0 saturated heterocycles. The van der Waals surface area contributed by atoms with E-state index < -0.39 is 0 Å². The fraction of sp³-hybridized carbons (Fsp3) is 0.417. The molecule has 2 heterocycles. The number of hydrogen-bond donors (Lipinski definition) is 1. The molecule has 0 amide bonds. The molecular formula is C12H16N4S2. The van der Waals surface area contributed by atoms with Crippen molar-refractivity contribution in [1.82, 2.24) is 14.3 Å². The van der Waals surface area contributed by atoms with Gasteiger partial charge in [-0.2, -0.15) is 4.37 Å². The largest absolute Gasteiger partial charge is 0.328 e. The third-order valence-electron chi connectivity index (χ3n) is 2.31. The Hall–Kier alpha value is -0.980. The van der Waals surface area contributed by atoms with Gasteiger partial charge in [-0.1, -0.05) is 13.0 Å². The first-order chi connectivity index (χ1) is 8.67. The number of hydrogen-bond acceptors (Lipinski definition) is 6. The van der Waals surface area contributed by atoms with Crippen LogP contribution in [0.4, 0.5) is 0 Å². The summed E-state index contributed by atoms with van der Waals surface area (Å²) in [7, 11) is 0. The van der Waals surface area contributed by atoms with Gasteiger partial charge in [0, 0.05) is 18.7 Å². The molecule has 96 valence electrons. The van der Waals surface area contributed by atoms with E-state index in [0.29, 0.717) is 0 Å². The topological polar surface area (TPSA) is 64.7 Å². The predicted molar refractivity (Wildman–Crippen MR) is 75.0 cm³/mol. The summed E-state index contributed by atoms with van der Waals surface area (Å²) in [5.74, 6) is 0.899. The molecule has 6 heteroatoms. The van der Waals surface area contributed by atoms with Crippen molar-refractivity contribution in [3.63, 3.8) is 0 Å². The van der Waals surface area contributed by atoms with Gasteiger partial charge in [-0.25, -0.2) is 9.97 Å². The highest BCUT2D eigenvalue weighted by atomic mass is 32.2. The third-order valence-corrected chi connectivity index (χ3v) is 4.05. The quantitative estimate of drug-likeness (QED) is 0.911. The van der Waals surface area contributed by atoms with Gasteiger partial charge in [-0.05, 0) is 48.3 Å². The van der Waals surface area contributed by atoms with Crippen LogP contribution in [0.1, 0.15) is 25.2 Å². The maximum atomic E-state index is 5.75. The van der Waals surface area contributed by atoms with E-state index in [-0.39, 0.29) is 6.04 Å². The zero-order valence-electron chi connectivity index (χ0n) is 10.5. The molecule has 0 aliphatic heterocycles. The minimum absolute atomic E-state index is 0.167. The highest BCUT2D eigenvalue weighted by molar-refractivity contribution is 8.00. The van der Waals surface area contributed by atoms with Crippen molar-refractivity contribution in [2.45, 2.75) is 42.1 Å². The number of nitrogens with zero attached hydrogens (tertiary/aromatic N) is 3. The second-order valence-corrected chi connectivity index (χ2v) is 6.14. The van der Waals surface area contributed by atoms with E-state index in [2.05, 4.69) is 27.3 Å². The summed E-state index contributed by atoms with van der Waals surface area (Å²) in [5.41, 5.74) is 6.92. The molecule has 18 heavy (non-hydrogen) atoms. The van der Waals surface area contributed by atoms with Gasteiger partial charge in [0.1, 0.15) is 10.9 Å². The molecule has 0 bridgehead atoms. The lowest BCUT2D eigenvalue weighted by molar-refractivity contribution is 0.734. The lowest BCUT2D eigenvalue weighted by atomic mass is 10.1. The molecule has 2 rings (SSSR count). The van der Waals surface area contributed by atoms with Crippen molar-refractivity contribution in [3.05, 3.63) is 29.7 Å². The van der Waals surface area contributed by atoms with E-state index in [1.54, 1.807) is 11.8 Å². The van der Waals surface area contributed by atoms with Crippen LogP contribution in [-0.4, -0.2) is 20.4 Å². The summed E-state index contributed by atoms with van der Waals surface area (Å²) >= 11 is 2.98. The van der Waals surface area contributed by atoms with E-state index in [1.165, 1.54) is 17.1 Å². The molecule has 0 aliphatic carbocycles. The van der Waals surface area contributed by atoms with E-state index in [4.69, 9.17) is 5.73 Å². The van der Waals surface area contributed by atoms with Gasteiger partial charge < -0.3 is 5.73 Å². The van der Waals surface area contributed by atoms with Gasteiger partial charge in [0.05, 0.1) is 0 Å². The SMILES string of the molecule is CCc1nsc(Sc2ccc(CC(C)N)cn2)n1. The molecule has 0 saturated carbocycles. The Labute approximate surface area is 115 Å². The van der Waals surface area contributed by atoms with Crippen molar-refractivity contribution >= 4 is 23.3 Å². The molecule has 1 unspecified atom stereocenters. The normalized spacial score (nSPS) is 12.6. The van der Waals surface area contributed by atoms with Gasteiger partial charge in [0.25, 0.3) is 0 Å². The molecule has 2 aromatic heterocycles. The fourth-order valence-corrected chi connectivity index (χ4v) is 3.06. The van der Waals surface area contributed by atoms with Crippen molar-refractivity contribution in [1.29, 1.82) is 0 Å². The average molecular weight is 280 g/mol. The molecule has 2 aromatic rings. The Bertz CT molecular complexity index is 493. The number of aryl methyl sites for hydroxylation is 1. The molecule has 2 N–H and O–H groups in total. The first kappa shape index (κ1) is 13.5. The van der Waals surface area contributed by atoms with Gasteiger partial charge in [0.2, 0.25) is 0 Å². The van der Waals surface area contributed by atoms with Gasteiger partial charge >= 0.3 is 0 Å². The van der Waals surface area contributed by atoms with E-state index in [9.17, 15) is 0 Å². The molecular weight excluding hydrogens is 264 g/mol. The Morgan fingerprint density at radius 3 is 2.83 bits per heavy atom. The van der Waals surface area contributed by atoms with Crippen LogP contribution >= 0.6 is 23.3 Å². The third kappa shape index (κ3) is 3.76. The molecule has 0 spiro atoms. The van der Waals surface area contributed by atoms with Crippen LogP contribution in [-0.2, 0) is 12.8 Å². The fourth-order valence-electron chi connectivity index (χ4n) is 1.48. The lowest BCUT2D eigenvalue weighted by Gasteiger charge is -2.04. The maximum Gasteiger partial charge on any atom is 0.176 e. The van der Waals surface area contributed by atoms with Crippen molar-refractivity contribution < 1.29 is 0 Å². The monoisotopic (exact) mass is 280 g/mol. The summed E-state index contributed by atoms with van der Waals surface area (Å²) in [6.45, 7) is 4.05. The van der Waals surface area contributed by atoms with Crippen LogP contribution in [0.3, 0.4) is 0 Å². The Morgan fingerprint density at radius 1 is 1.44 bits per heavy atom. The zero-order chi connectivity index (χ0) is 13.0. The van der Waals surface area contributed by atoms with E-state index >= 15 is 0 Å². The zero-order valence-corrected chi connectivity index (χ0v) is 12.1. The predicted octanol–water partition coefficient (Wildman–Crippen LogP) is 2.54. The second-order valence-electron chi connectivity index (χ2n) is 4.12. The minimum atomic E-state index is 0.167. The molecule has 0 radical (unpaired) electrons. The maximum absolute atomic E-state index is 5.75. The van der Waals surface area contributed by atoms with Crippen LogP contribution in [0, 0.1) is 0 Å². The summed E-state index contributed by atoms with van der Waals surface area (Å²) in [6, 6.07) is 4.25. The molecule has 1 atom stereocenters. The molecule has 0 aromatic carbocycles. The first-order valence-corrected chi connectivity index (χ1v) is 7.47. The molecule has 0 fully saturated rings. The van der Waals surface area contributed by atoms with E-state index in [0.717, 1.165) is 28.0 Å². The number of rotatable bonds is 5. The van der Waals surface area contributed by atoms with Crippen molar-refractivity contribution in [3.8, 4) is 0 Å². The lowest BCUT2D eigenvalue weighted by Crippen LogP contribution is -2.17. The van der Waals surface area contributed by atoms with Crippen molar-refractivity contribution in [2.24, 2.45) is 5.73 Å². The summed E-state index contributed by atoms with van der Waals surface area (Å²) < 4.78 is 5.20. The summed E-state index contributed by atoms with van der Waals surface area (Å²) in [4.78, 5) is 8.81. The van der Waals surface area contributed by atoms with E-state index in [1.807, 2.05) is 19.2 Å². The van der Waals surface area contributed by atoms with Gasteiger partial charge in [-0.15, -0.1) is 0 Å². The smallest absolute Gasteiger partial charge is 0.176 e. The van der Waals surface area contributed by atoms with Crippen LogP contribution in [0.5, 0.6) is 0 Å².